The van der Waals surface area contributed by atoms with Crippen molar-refractivity contribution < 1.29 is 4.74 Å². The lowest BCUT2D eigenvalue weighted by molar-refractivity contribution is 0.475. The van der Waals surface area contributed by atoms with Crippen LogP contribution in [0.25, 0.3) is 0 Å². The monoisotopic (exact) mass is 275 g/mol. The maximum absolute atomic E-state index is 5.82. The zero-order chi connectivity index (χ0) is 14.0. The molecule has 0 spiro atoms. The van der Waals surface area contributed by atoms with Crippen molar-refractivity contribution in [2.24, 2.45) is 0 Å². The van der Waals surface area contributed by atoms with E-state index in [4.69, 9.17) is 16.3 Å². The van der Waals surface area contributed by atoms with Gasteiger partial charge >= 0.3 is 0 Å². The molecule has 3 heteroatoms. The third-order valence-corrected chi connectivity index (χ3v) is 3.18. The van der Waals surface area contributed by atoms with Gasteiger partial charge in [0.15, 0.2) is 0 Å². The molecule has 0 saturated carbocycles. The minimum atomic E-state index is 0.149. The number of ether oxygens (including phenoxy) is 1. The van der Waals surface area contributed by atoms with Crippen molar-refractivity contribution in [3.05, 3.63) is 52.8 Å². The summed E-state index contributed by atoms with van der Waals surface area (Å²) in [4.78, 5) is 4.03. The lowest BCUT2D eigenvalue weighted by atomic mass is 9.87. The largest absolute Gasteiger partial charge is 0.455 e. The van der Waals surface area contributed by atoms with Crippen molar-refractivity contribution in [2.45, 2.75) is 33.1 Å². The zero-order valence-corrected chi connectivity index (χ0v) is 12.5. The minimum absolute atomic E-state index is 0.149. The van der Waals surface area contributed by atoms with Gasteiger partial charge in [0.25, 0.3) is 0 Å². The normalized spacial score (nSPS) is 11.4. The highest BCUT2D eigenvalue weighted by Gasteiger charge is 2.13. The molecule has 0 aliphatic heterocycles. The van der Waals surface area contributed by atoms with Crippen molar-refractivity contribution in [3.63, 3.8) is 0 Å². The van der Waals surface area contributed by atoms with Gasteiger partial charge in [0.2, 0.25) is 0 Å². The second-order valence-electron chi connectivity index (χ2n) is 5.65. The Balaban J connectivity index is 2.20. The number of halogens is 1. The molecule has 0 aliphatic rings. The molecular weight excluding hydrogens is 258 g/mol. The van der Waals surface area contributed by atoms with Crippen LogP contribution in [0.4, 0.5) is 0 Å². The Hall–Kier alpha value is -1.54. The Morgan fingerprint density at radius 3 is 2.26 bits per heavy atom. The second kappa shape index (κ2) is 5.22. The highest BCUT2D eigenvalue weighted by atomic mass is 35.5. The minimum Gasteiger partial charge on any atom is -0.455 e. The van der Waals surface area contributed by atoms with Crippen molar-refractivity contribution in [1.29, 1.82) is 0 Å². The summed E-state index contributed by atoms with van der Waals surface area (Å²) in [5.74, 6) is 1.54. The van der Waals surface area contributed by atoms with Crippen LogP contribution in [0.5, 0.6) is 11.5 Å². The van der Waals surface area contributed by atoms with Gasteiger partial charge in [-0.05, 0) is 41.7 Å². The lowest BCUT2D eigenvalue weighted by Crippen LogP contribution is -2.10. The van der Waals surface area contributed by atoms with Gasteiger partial charge in [-0.1, -0.05) is 44.5 Å². The summed E-state index contributed by atoms with van der Waals surface area (Å²) >= 11 is 5.82. The van der Waals surface area contributed by atoms with Gasteiger partial charge in [0, 0.05) is 0 Å². The molecule has 0 atom stereocenters. The average molecular weight is 276 g/mol. The summed E-state index contributed by atoms with van der Waals surface area (Å²) in [6.07, 6.45) is 1.65. The molecule has 2 aromatic rings. The van der Waals surface area contributed by atoms with E-state index in [0.717, 1.165) is 17.1 Å². The highest BCUT2D eigenvalue weighted by molar-refractivity contribution is 6.29. The van der Waals surface area contributed by atoms with Crippen LogP contribution in [0.2, 0.25) is 5.15 Å². The van der Waals surface area contributed by atoms with Gasteiger partial charge in [-0.15, -0.1) is 0 Å². The van der Waals surface area contributed by atoms with E-state index >= 15 is 0 Å². The standard InChI is InChI=1S/C16H18ClNO/c1-11-9-15(17)18-10-14(11)19-13-7-5-12(6-8-13)16(2,3)4/h5-10H,1-4H3. The van der Waals surface area contributed by atoms with Crippen molar-refractivity contribution in [1.82, 2.24) is 4.98 Å². The van der Waals surface area contributed by atoms with E-state index in [-0.39, 0.29) is 5.41 Å². The van der Waals surface area contributed by atoms with E-state index in [9.17, 15) is 0 Å². The number of hydrogen-bond acceptors (Lipinski definition) is 2. The maximum Gasteiger partial charge on any atom is 0.148 e. The Bertz CT molecular complexity index is 570. The number of rotatable bonds is 2. The Labute approximate surface area is 119 Å². The van der Waals surface area contributed by atoms with Gasteiger partial charge in [-0.25, -0.2) is 4.98 Å². The fourth-order valence-corrected chi connectivity index (χ4v) is 1.98. The SMILES string of the molecule is Cc1cc(Cl)ncc1Oc1ccc(C(C)(C)C)cc1. The van der Waals surface area contributed by atoms with Crippen LogP contribution < -0.4 is 4.74 Å². The lowest BCUT2D eigenvalue weighted by Gasteiger charge is -2.19. The van der Waals surface area contributed by atoms with Crippen LogP contribution in [-0.4, -0.2) is 4.98 Å². The Morgan fingerprint density at radius 1 is 1.11 bits per heavy atom. The van der Waals surface area contributed by atoms with Crippen LogP contribution in [-0.2, 0) is 5.41 Å². The Morgan fingerprint density at radius 2 is 1.74 bits per heavy atom. The first kappa shape index (κ1) is 13.9. The molecule has 2 nitrogen and oxygen atoms in total. The first-order valence-electron chi connectivity index (χ1n) is 6.27. The van der Waals surface area contributed by atoms with E-state index in [1.807, 2.05) is 19.1 Å². The predicted molar refractivity (Wildman–Crippen MR) is 79.2 cm³/mol. The van der Waals surface area contributed by atoms with E-state index in [0.29, 0.717) is 5.15 Å². The molecule has 100 valence electrons. The molecule has 0 N–H and O–H groups in total. The smallest absolute Gasteiger partial charge is 0.148 e. The molecule has 0 bridgehead atoms. The quantitative estimate of drug-likeness (QED) is 0.709. The van der Waals surface area contributed by atoms with Crippen LogP contribution in [0.1, 0.15) is 31.9 Å². The molecule has 0 unspecified atom stereocenters. The summed E-state index contributed by atoms with van der Waals surface area (Å²) in [6, 6.07) is 9.94. The van der Waals surface area contributed by atoms with Crippen LogP contribution >= 0.6 is 11.6 Å². The molecule has 1 aromatic heterocycles. The highest BCUT2D eigenvalue weighted by Crippen LogP contribution is 2.28. The molecule has 0 saturated heterocycles. The molecule has 1 aromatic carbocycles. The topological polar surface area (TPSA) is 22.1 Å². The molecular formula is C16H18ClNO. The summed E-state index contributed by atoms with van der Waals surface area (Å²) in [5, 5.41) is 0.480. The first-order chi connectivity index (χ1) is 8.86. The predicted octanol–water partition coefficient (Wildman–Crippen LogP) is 5.13. The van der Waals surface area contributed by atoms with Gasteiger partial charge in [0.1, 0.15) is 16.7 Å². The molecule has 0 aliphatic carbocycles. The second-order valence-corrected chi connectivity index (χ2v) is 6.04. The zero-order valence-electron chi connectivity index (χ0n) is 11.7. The Kier molecular flexibility index (Phi) is 3.81. The van der Waals surface area contributed by atoms with Crippen LogP contribution in [0.15, 0.2) is 36.5 Å². The number of aryl methyl sites for hydroxylation is 1. The van der Waals surface area contributed by atoms with Crippen LogP contribution in [0.3, 0.4) is 0 Å². The maximum atomic E-state index is 5.82. The fraction of sp³-hybridized carbons (Fsp3) is 0.312. The number of benzene rings is 1. The number of pyridine rings is 1. The van der Waals surface area contributed by atoms with Gasteiger partial charge in [-0.3, -0.25) is 0 Å². The van der Waals surface area contributed by atoms with E-state index < -0.39 is 0 Å². The first-order valence-corrected chi connectivity index (χ1v) is 6.64. The molecule has 19 heavy (non-hydrogen) atoms. The van der Waals surface area contributed by atoms with Gasteiger partial charge < -0.3 is 4.74 Å². The third kappa shape index (κ3) is 3.48. The van der Waals surface area contributed by atoms with Crippen molar-refractivity contribution in [3.8, 4) is 11.5 Å². The number of nitrogens with zero attached hydrogens (tertiary/aromatic N) is 1. The summed E-state index contributed by atoms with van der Waals surface area (Å²) in [5.41, 5.74) is 2.40. The summed E-state index contributed by atoms with van der Waals surface area (Å²) in [7, 11) is 0. The average Bonchev–Trinajstić information content (AvgIpc) is 2.32. The number of aromatic nitrogens is 1. The van der Waals surface area contributed by atoms with Crippen molar-refractivity contribution in [2.75, 3.05) is 0 Å². The van der Waals surface area contributed by atoms with E-state index in [1.165, 1.54) is 5.56 Å². The number of hydrogen-bond donors (Lipinski definition) is 0. The molecule has 1 heterocycles. The fourth-order valence-electron chi connectivity index (χ4n) is 1.77. The molecule has 2 rings (SSSR count). The third-order valence-electron chi connectivity index (χ3n) is 2.98. The van der Waals surface area contributed by atoms with Crippen LogP contribution in [0, 0.1) is 6.92 Å². The molecule has 0 radical (unpaired) electrons. The van der Waals surface area contributed by atoms with E-state index in [2.05, 4.69) is 37.9 Å². The summed E-state index contributed by atoms with van der Waals surface area (Å²) < 4.78 is 5.81. The van der Waals surface area contributed by atoms with Crippen molar-refractivity contribution >= 4 is 11.6 Å². The van der Waals surface area contributed by atoms with Gasteiger partial charge in [-0.2, -0.15) is 0 Å². The summed E-state index contributed by atoms with van der Waals surface area (Å²) in [6.45, 7) is 8.52. The molecule has 0 amide bonds. The van der Waals surface area contributed by atoms with Gasteiger partial charge in [0.05, 0.1) is 6.20 Å². The van der Waals surface area contributed by atoms with E-state index in [1.54, 1.807) is 12.3 Å². The molecule has 0 fully saturated rings.